The maximum atomic E-state index is 2.44. The van der Waals surface area contributed by atoms with E-state index in [1.54, 1.807) is 0 Å². The highest BCUT2D eigenvalue weighted by molar-refractivity contribution is 4.97. The second-order valence-corrected chi connectivity index (χ2v) is 6.20. The lowest BCUT2D eigenvalue weighted by atomic mass is 9.67. The Bertz CT molecular complexity index is 147. The monoisotopic (exact) mass is 168 g/mol. The average molecular weight is 168 g/mol. The summed E-state index contributed by atoms with van der Waals surface area (Å²) in [5.74, 6) is 1.72. The molecule has 1 aliphatic rings. The third-order valence-corrected chi connectivity index (χ3v) is 3.76. The van der Waals surface area contributed by atoms with Crippen LogP contribution in [-0.4, -0.2) is 0 Å². The highest BCUT2D eigenvalue weighted by Gasteiger charge is 2.47. The molecule has 1 aliphatic carbocycles. The minimum Gasteiger partial charge on any atom is -0.0625 e. The van der Waals surface area contributed by atoms with E-state index in [9.17, 15) is 0 Å². The van der Waals surface area contributed by atoms with Crippen molar-refractivity contribution in [3.8, 4) is 0 Å². The lowest BCUT2D eigenvalue weighted by Crippen LogP contribution is -2.31. The minimum absolute atomic E-state index is 0.567. The highest BCUT2D eigenvalue weighted by atomic mass is 14.5. The van der Waals surface area contributed by atoms with Crippen molar-refractivity contribution < 1.29 is 0 Å². The van der Waals surface area contributed by atoms with Gasteiger partial charge in [-0.3, -0.25) is 0 Å². The third-order valence-electron chi connectivity index (χ3n) is 3.76. The molecule has 72 valence electrons. The first kappa shape index (κ1) is 10.1. The quantitative estimate of drug-likeness (QED) is 0.553. The molecule has 1 fully saturated rings. The Hall–Kier alpha value is 0. The summed E-state index contributed by atoms with van der Waals surface area (Å²) < 4.78 is 0. The van der Waals surface area contributed by atoms with Crippen molar-refractivity contribution in [1.29, 1.82) is 0 Å². The summed E-state index contributed by atoms with van der Waals surface area (Å²) in [4.78, 5) is 0. The van der Waals surface area contributed by atoms with Crippen LogP contribution in [0.15, 0.2) is 0 Å². The summed E-state index contributed by atoms with van der Waals surface area (Å²) in [5, 5.41) is 0. The van der Waals surface area contributed by atoms with Gasteiger partial charge in [0.1, 0.15) is 0 Å². The topological polar surface area (TPSA) is 0 Å². The molecule has 0 nitrogen and oxygen atoms in total. The zero-order valence-corrected chi connectivity index (χ0v) is 9.57. The molecule has 1 rings (SSSR count). The van der Waals surface area contributed by atoms with Crippen LogP contribution in [0.2, 0.25) is 0 Å². The molecule has 0 unspecified atom stereocenters. The average Bonchev–Trinajstić information content (AvgIpc) is 2.01. The SMILES string of the molecule is CC(C)C1C(C)(C)CCC1(C)C. The van der Waals surface area contributed by atoms with Crippen molar-refractivity contribution in [1.82, 2.24) is 0 Å². The molecule has 0 spiro atoms. The third kappa shape index (κ3) is 1.53. The molecule has 0 heterocycles. The first-order valence-corrected chi connectivity index (χ1v) is 5.27. The fraction of sp³-hybridized carbons (Fsp3) is 1.00. The zero-order valence-electron chi connectivity index (χ0n) is 9.57. The van der Waals surface area contributed by atoms with Crippen LogP contribution in [0.1, 0.15) is 54.4 Å². The molecule has 0 bridgehead atoms. The molecule has 1 saturated carbocycles. The Kier molecular flexibility index (Phi) is 2.31. The van der Waals surface area contributed by atoms with Gasteiger partial charge in [0.05, 0.1) is 0 Å². The van der Waals surface area contributed by atoms with Crippen molar-refractivity contribution in [2.24, 2.45) is 22.7 Å². The largest absolute Gasteiger partial charge is 0.0625 e. The molecule has 0 atom stereocenters. The molecule has 0 aliphatic heterocycles. The second kappa shape index (κ2) is 2.75. The number of hydrogen-bond donors (Lipinski definition) is 0. The fourth-order valence-electron chi connectivity index (χ4n) is 3.82. The summed E-state index contributed by atoms with van der Waals surface area (Å²) in [6.45, 7) is 14.5. The maximum Gasteiger partial charge on any atom is -0.0288 e. The van der Waals surface area contributed by atoms with Crippen LogP contribution in [-0.2, 0) is 0 Å². The summed E-state index contributed by atoms with van der Waals surface area (Å²) >= 11 is 0. The molecule has 0 saturated heterocycles. The lowest BCUT2D eigenvalue weighted by Gasteiger charge is -2.38. The van der Waals surface area contributed by atoms with Gasteiger partial charge < -0.3 is 0 Å². The molecular formula is C12H24. The smallest absolute Gasteiger partial charge is 0.0288 e. The first-order valence-electron chi connectivity index (χ1n) is 5.27. The van der Waals surface area contributed by atoms with Gasteiger partial charge in [-0.05, 0) is 35.5 Å². The van der Waals surface area contributed by atoms with E-state index in [-0.39, 0.29) is 0 Å². The standard InChI is InChI=1S/C12H24/c1-9(2)10-11(3,4)7-8-12(10,5)6/h9-10H,7-8H2,1-6H3. The molecule has 0 aromatic rings. The van der Waals surface area contributed by atoms with Crippen molar-refractivity contribution in [2.45, 2.75) is 54.4 Å². The van der Waals surface area contributed by atoms with Crippen molar-refractivity contribution >= 4 is 0 Å². The van der Waals surface area contributed by atoms with E-state index in [0.717, 1.165) is 11.8 Å². The van der Waals surface area contributed by atoms with Crippen LogP contribution in [0, 0.1) is 22.7 Å². The summed E-state index contributed by atoms with van der Waals surface area (Å²) in [5.41, 5.74) is 1.13. The van der Waals surface area contributed by atoms with Gasteiger partial charge in [0.2, 0.25) is 0 Å². The first-order chi connectivity index (χ1) is 5.27. The van der Waals surface area contributed by atoms with Crippen molar-refractivity contribution in [3.63, 3.8) is 0 Å². The van der Waals surface area contributed by atoms with Crippen LogP contribution in [0.4, 0.5) is 0 Å². The highest BCUT2D eigenvalue weighted by Crippen LogP contribution is 2.56. The molecule has 0 heteroatoms. The normalized spacial score (nSPS) is 28.2. The van der Waals surface area contributed by atoms with Crippen LogP contribution in [0.25, 0.3) is 0 Å². The van der Waals surface area contributed by atoms with Crippen molar-refractivity contribution in [2.75, 3.05) is 0 Å². The van der Waals surface area contributed by atoms with Crippen LogP contribution in [0.3, 0.4) is 0 Å². The van der Waals surface area contributed by atoms with Crippen molar-refractivity contribution in [3.05, 3.63) is 0 Å². The Morgan fingerprint density at radius 2 is 1.25 bits per heavy atom. The molecule has 0 aromatic carbocycles. The van der Waals surface area contributed by atoms with Gasteiger partial charge in [-0.15, -0.1) is 0 Å². The van der Waals surface area contributed by atoms with E-state index >= 15 is 0 Å². The van der Waals surface area contributed by atoms with Gasteiger partial charge in [0.25, 0.3) is 0 Å². The van der Waals surface area contributed by atoms with Gasteiger partial charge >= 0.3 is 0 Å². The molecule has 0 radical (unpaired) electrons. The Labute approximate surface area is 77.7 Å². The Morgan fingerprint density at radius 3 is 1.42 bits per heavy atom. The Balaban J connectivity index is 2.89. The van der Waals surface area contributed by atoms with Crippen LogP contribution < -0.4 is 0 Å². The van der Waals surface area contributed by atoms with Gasteiger partial charge in [0, 0.05) is 0 Å². The summed E-state index contributed by atoms with van der Waals surface area (Å²) in [7, 11) is 0. The van der Waals surface area contributed by atoms with Gasteiger partial charge in [-0.2, -0.15) is 0 Å². The molecule has 0 aromatic heterocycles. The van der Waals surface area contributed by atoms with Crippen LogP contribution in [0.5, 0.6) is 0 Å². The van der Waals surface area contributed by atoms with Gasteiger partial charge in [-0.25, -0.2) is 0 Å². The van der Waals surface area contributed by atoms with E-state index in [4.69, 9.17) is 0 Å². The van der Waals surface area contributed by atoms with E-state index in [1.807, 2.05) is 0 Å². The molecular weight excluding hydrogens is 144 g/mol. The fourth-order valence-corrected chi connectivity index (χ4v) is 3.82. The molecule has 12 heavy (non-hydrogen) atoms. The zero-order chi connectivity index (χ0) is 9.57. The number of hydrogen-bond acceptors (Lipinski definition) is 0. The van der Waals surface area contributed by atoms with E-state index < -0.39 is 0 Å². The van der Waals surface area contributed by atoms with E-state index in [2.05, 4.69) is 41.5 Å². The molecule has 0 amide bonds. The van der Waals surface area contributed by atoms with E-state index in [0.29, 0.717) is 10.8 Å². The molecule has 0 N–H and O–H groups in total. The predicted molar refractivity (Wildman–Crippen MR) is 55.1 cm³/mol. The lowest BCUT2D eigenvalue weighted by molar-refractivity contribution is 0.104. The maximum absolute atomic E-state index is 2.44. The summed E-state index contributed by atoms with van der Waals surface area (Å²) in [6.07, 6.45) is 2.81. The van der Waals surface area contributed by atoms with E-state index in [1.165, 1.54) is 12.8 Å². The van der Waals surface area contributed by atoms with Gasteiger partial charge in [-0.1, -0.05) is 41.5 Å². The Morgan fingerprint density at radius 1 is 0.917 bits per heavy atom. The summed E-state index contributed by atoms with van der Waals surface area (Å²) in [6, 6.07) is 0. The predicted octanol–water partition coefficient (Wildman–Crippen LogP) is 4.10. The van der Waals surface area contributed by atoms with Gasteiger partial charge in [0.15, 0.2) is 0 Å². The minimum atomic E-state index is 0.567. The second-order valence-electron chi connectivity index (χ2n) is 6.20. The van der Waals surface area contributed by atoms with Crippen LogP contribution >= 0.6 is 0 Å². The number of rotatable bonds is 1.